The van der Waals surface area contributed by atoms with E-state index in [0.29, 0.717) is 0 Å². The van der Waals surface area contributed by atoms with Crippen molar-refractivity contribution in [2.75, 3.05) is 7.11 Å². The van der Waals surface area contributed by atoms with Gasteiger partial charge in [-0.05, 0) is 38.0 Å². The van der Waals surface area contributed by atoms with Gasteiger partial charge in [-0.3, -0.25) is 0 Å². The Labute approximate surface area is 93.6 Å². The highest BCUT2D eigenvalue weighted by Gasteiger charge is 2.14. The van der Waals surface area contributed by atoms with E-state index < -0.39 is 0 Å². The zero-order valence-corrected chi connectivity index (χ0v) is 10.6. The molecule has 2 nitrogen and oxygen atoms in total. The molecule has 78 valence electrons. The monoisotopic (exact) mass is 257 g/mol. The first-order valence-electron chi connectivity index (χ1n) is 4.58. The Morgan fingerprint density at radius 3 is 2.43 bits per heavy atom. The van der Waals surface area contributed by atoms with Crippen molar-refractivity contribution in [3.8, 4) is 5.75 Å². The number of aryl methyl sites for hydroxylation is 1. The molecule has 0 heterocycles. The Kier molecular flexibility index (Phi) is 3.56. The molecule has 0 bridgehead atoms. The van der Waals surface area contributed by atoms with Crippen LogP contribution in [0.2, 0.25) is 0 Å². The summed E-state index contributed by atoms with van der Waals surface area (Å²) in [5.41, 5.74) is 9.32. The molecule has 0 radical (unpaired) electrons. The van der Waals surface area contributed by atoms with Crippen molar-refractivity contribution in [3.05, 3.63) is 27.2 Å². The first-order chi connectivity index (χ1) is 6.49. The van der Waals surface area contributed by atoms with Crippen LogP contribution >= 0.6 is 15.9 Å². The first-order valence-corrected chi connectivity index (χ1v) is 5.37. The van der Waals surface area contributed by atoms with Crippen LogP contribution in [-0.2, 0) is 0 Å². The Balaban J connectivity index is 3.45. The predicted molar refractivity (Wildman–Crippen MR) is 62.8 cm³/mol. The third-order valence-corrected chi connectivity index (χ3v) is 3.59. The summed E-state index contributed by atoms with van der Waals surface area (Å²) >= 11 is 3.55. The van der Waals surface area contributed by atoms with E-state index in [9.17, 15) is 0 Å². The number of rotatable bonds is 2. The van der Waals surface area contributed by atoms with Crippen molar-refractivity contribution < 1.29 is 4.74 Å². The minimum absolute atomic E-state index is 0.0122. The molecule has 0 aliphatic rings. The number of benzene rings is 1. The summed E-state index contributed by atoms with van der Waals surface area (Å²) in [5, 5.41) is 0. The minimum Gasteiger partial charge on any atom is -0.496 e. The van der Waals surface area contributed by atoms with E-state index >= 15 is 0 Å². The fourth-order valence-electron chi connectivity index (χ4n) is 1.67. The molecule has 1 rings (SSSR count). The van der Waals surface area contributed by atoms with E-state index in [4.69, 9.17) is 10.5 Å². The number of halogens is 1. The van der Waals surface area contributed by atoms with Gasteiger partial charge in [0.25, 0.3) is 0 Å². The van der Waals surface area contributed by atoms with Crippen LogP contribution in [0.1, 0.15) is 29.7 Å². The van der Waals surface area contributed by atoms with Gasteiger partial charge < -0.3 is 10.5 Å². The Morgan fingerprint density at radius 1 is 1.43 bits per heavy atom. The van der Waals surface area contributed by atoms with Gasteiger partial charge in [0.1, 0.15) is 5.75 Å². The molecular formula is C11H16BrNO. The normalized spacial score (nSPS) is 12.7. The molecule has 0 amide bonds. The van der Waals surface area contributed by atoms with Crippen LogP contribution < -0.4 is 10.5 Å². The average molecular weight is 258 g/mol. The average Bonchev–Trinajstić information content (AvgIpc) is 2.12. The summed E-state index contributed by atoms with van der Waals surface area (Å²) in [6.07, 6.45) is 0. The predicted octanol–water partition coefficient (Wildman–Crippen LogP) is 3.09. The summed E-state index contributed by atoms with van der Waals surface area (Å²) in [6.45, 7) is 6.06. The van der Waals surface area contributed by atoms with Crippen LogP contribution in [0.3, 0.4) is 0 Å². The number of hydrogen-bond acceptors (Lipinski definition) is 2. The lowest BCUT2D eigenvalue weighted by molar-refractivity contribution is 0.406. The largest absolute Gasteiger partial charge is 0.496 e. The summed E-state index contributed by atoms with van der Waals surface area (Å²) in [7, 11) is 1.67. The lowest BCUT2D eigenvalue weighted by Crippen LogP contribution is -2.10. The summed E-state index contributed by atoms with van der Waals surface area (Å²) in [6, 6.07) is 2.00. The zero-order valence-electron chi connectivity index (χ0n) is 9.02. The quantitative estimate of drug-likeness (QED) is 0.884. The number of ether oxygens (including phenoxy) is 1. The molecule has 3 heteroatoms. The Bertz CT molecular complexity index is 348. The van der Waals surface area contributed by atoms with Gasteiger partial charge in [0.15, 0.2) is 0 Å². The van der Waals surface area contributed by atoms with Gasteiger partial charge in [-0.1, -0.05) is 15.9 Å². The number of methoxy groups -OCH3 is 1. The van der Waals surface area contributed by atoms with Gasteiger partial charge in [-0.25, -0.2) is 0 Å². The molecule has 0 aliphatic carbocycles. The smallest absolute Gasteiger partial charge is 0.124 e. The fraction of sp³-hybridized carbons (Fsp3) is 0.455. The van der Waals surface area contributed by atoms with Crippen molar-refractivity contribution in [1.29, 1.82) is 0 Å². The molecule has 0 aromatic heterocycles. The highest BCUT2D eigenvalue weighted by Crippen LogP contribution is 2.34. The second-order valence-corrected chi connectivity index (χ2v) is 4.33. The maximum Gasteiger partial charge on any atom is 0.124 e. The van der Waals surface area contributed by atoms with E-state index in [1.165, 1.54) is 5.56 Å². The molecule has 1 aromatic rings. The molecule has 14 heavy (non-hydrogen) atoms. The molecule has 1 atom stereocenters. The second kappa shape index (κ2) is 4.32. The molecule has 0 saturated heterocycles. The summed E-state index contributed by atoms with van der Waals surface area (Å²) in [4.78, 5) is 0. The van der Waals surface area contributed by atoms with Crippen LogP contribution in [0.5, 0.6) is 5.75 Å². The summed E-state index contributed by atoms with van der Waals surface area (Å²) < 4.78 is 6.44. The van der Waals surface area contributed by atoms with Crippen LogP contribution in [0.25, 0.3) is 0 Å². The topological polar surface area (TPSA) is 35.2 Å². The van der Waals surface area contributed by atoms with Gasteiger partial charge >= 0.3 is 0 Å². The maximum absolute atomic E-state index is 5.91. The van der Waals surface area contributed by atoms with Crippen molar-refractivity contribution >= 4 is 15.9 Å². The Morgan fingerprint density at radius 2 is 2.00 bits per heavy atom. The molecule has 0 fully saturated rings. The molecule has 0 spiro atoms. The van der Waals surface area contributed by atoms with Gasteiger partial charge in [0.2, 0.25) is 0 Å². The lowest BCUT2D eigenvalue weighted by atomic mass is 9.99. The highest BCUT2D eigenvalue weighted by atomic mass is 79.9. The fourth-order valence-corrected chi connectivity index (χ4v) is 2.00. The number of nitrogens with two attached hydrogens (primary N) is 1. The Hall–Kier alpha value is -0.540. The van der Waals surface area contributed by atoms with Gasteiger partial charge in [0, 0.05) is 16.1 Å². The SMILES string of the molecule is COc1cc(C)c(Br)c(C)c1C(C)N. The first kappa shape index (κ1) is 11.5. The van der Waals surface area contributed by atoms with Crippen LogP contribution in [-0.4, -0.2) is 7.11 Å². The lowest BCUT2D eigenvalue weighted by Gasteiger charge is -2.17. The van der Waals surface area contributed by atoms with Crippen molar-refractivity contribution in [3.63, 3.8) is 0 Å². The third kappa shape index (κ3) is 1.93. The van der Waals surface area contributed by atoms with Crippen LogP contribution in [0.15, 0.2) is 10.5 Å². The molecule has 0 saturated carbocycles. The molecular weight excluding hydrogens is 242 g/mol. The van der Waals surface area contributed by atoms with Gasteiger partial charge in [0.05, 0.1) is 7.11 Å². The van der Waals surface area contributed by atoms with Crippen LogP contribution in [0, 0.1) is 13.8 Å². The van der Waals surface area contributed by atoms with Gasteiger partial charge in [-0.15, -0.1) is 0 Å². The molecule has 1 aromatic carbocycles. The summed E-state index contributed by atoms with van der Waals surface area (Å²) in [5.74, 6) is 0.873. The van der Waals surface area contributed by atoms with Crippen molar-refractivity contribution in [1.82, 2.24) is 0 Å². The standard InChI is InChI=1S/C11H16BrNO/c1-6-5-9(14-4)10(8(3)13)7(2)11(6)12/h5,8H,13H2,1-4H3. The maximum atomic E-state index is 5.91. The third-order valence-electron chi connectivity index (χ3n) is 2.37. The highest BCUT2D eigenvalue weighted by molar-refractivity contribution is 9.10. The molecule has 1 unspecified atom stereocenters. The molecule has 2 N–H and O–H groups in total. The van der Waals surface area contributed by atoms with E-state index in [0.717, 1.165) is 21.3 Å². The minimum atomic E-state index is -0.0122. The van der Waals surface area contributed by atoms with E-state index in [1.807, 2.05) is 19.9 Å². The van der Waals surface area contributed by atoms with Gasteiger partial charge in [-0.2, -0.15) is 0 Å². The van der Waals surface area contributed by atoms with E-state index in [-0.39, 0.29) is 6.04 Å². The molecule has 0 aliphatic heterocycles. The van der Waals surface area contributed by atoms with E-state index in [2.05, 4.69) is 22.9 Å². The van der Waals surface area contributed by atoms with E-state index in [1.54, 1.807) is 7.11 Å². The van der Waals surface area contributed by atoms with Crippen molar-refractivity contribution in [2.45, 2.75) is 26.8 Å². The van der Waals surface area contributed by atoms with Crippen LogP contribution in [0.4, 0.5) is 0 Å². The zero-order chi connectivity index (χ0) is 10.9. The number of hydrogen-bond donors (Lipinski definition) is 1. The second-order valence-electron chi connectivity index (χ2n) is 3.54. The van der Waals surface area contributed by atoms with Crippen molar-refractivity contribution in [2.24, 2.45) is 5.73 Å².